The number of nitrogens with zero attached hydrogens (tertiary/aromatic N) is 3. The van der Waals surface area contributed by atoms with Crippen molar-refractivity contribution in [2.75, 3.05) is 36.4 Å². The molecule has 0 spiro atoms. The van der Waals surface area contributed by atoms with Gasteiger partial charge in [-0.15, -0.1) is 0 Å². The summed E-state index contributed by atoms with van der Waals surface area (Å²) in [5.74, 6) is 0.464. The van der Waals surface area contributed by atoms with Gasteiger partial charge in [0.15, 0.2) is 0 Å². The Bertz CT molecular complexity index is 816. The smallest absolute Gasteiger partial charge is 0.320 e. The van der Waals surface area contributed by atoms with Gasteiger partial charge in [0.1, 0.15) is 6.54 Å². The first-order valence-corrected chi connectivity index (χ1v) is 8.64. The Morgan fingerprint density at radius 1 is 1.15 bits per heavy atom. The summed E-state index contributed by atoms with van der Waals surface area (Å²) < 4.78 is 0. The number of urea groups is 1. The average Bonchev–Trinajstić information content (AvgIpc) is 2.90. The van der Waals surface area contributed by atoms with Gasteiger partial charge >= 0.3 is 17.5 Å². The molecule has 3 rings (SSSR count). The van der Waals surface area contributed by atoms with E-state index in [1.54, 1.807) is 41.4 Å². The molecule has 9 heteroatoms. The van der Waals surface area contributed by atoms with Gasteiger partial charge < -0.3 is 10.2 Å². The minimum atomic E-state index is -0.404. The molecule has 0 radical (unpaired) electrons. The van der Waals surface area contributed by atoms with E-state index in [1.165, 1.54) is 6.07 Å². The maximum atomic E-state index is 12.5. The monoisotopic (exact) mass is 376 g/mol. The summed E-state index contributed by atoms with van der Waals surface area (Å²) in [6, 6.07) is 9.90. The Kier molecular flexibility index (Phi) is 5.52. The van der Waals surface area contributed by atoms with Crippen LogP contribution < -0.4 is 15.2 Å². The molecule has 2 heterocycles. The first-order chi connectivity index (χ1) is 12.6. The number of amides is 2. The number of pyridine rings is 1. The molecule has 1 aromatic heterocycles. The zero-order valence-corrected chi connectivity index (χ0v) is 14.8. The van der Waals surface area contributed by atoms with Crippen molar-refractivity contribution in [1.82, 2.24) is 4.90 Å². The summed E-state index contributed by atoms with van der Waals surface area (Å²) in [6.45, 7) is 2.14. The quantitative estimate of drug-likeness (QED) is 0.658. The van der Waals surface area contributed by atoms with Crippen LogP contribution in [0, 0.1) is 10.1 Å². The molecule has 1 fully saturated rings. The molecule has 0 bridgehead atoms. The van der Waals surface area contributed by atoms with E-state index in [0.717, 1.165) is 0 Å². The number of hydrogen-bond acceptors (Lipinski definition) is 4. The van der Waals surface area contributed by atoms with E-state index in [1.807, 2.05) is 4.90 Å². The van der Waals surface area contributed by atoms with Crippen molar-refractivity contribution in [2.24, 2.45) is 0 Å². The molecule has 2 aromatic rings. The van der Waals surface area contributed by atoms with Crippen LogP contribution in [0.2, 0.25) is 5.02 Å². The van der Waals surface area contributed by atoms with Crippen LogP contribution in [0.15, 0.2) is 42.6 Å². The van der Waals surface area contributed by atoms with E-state index in [9.17, 15) is 14.9 Å². The van der Waals surface area contributed by atoms with Gasteiger partial charge in [-0.1, -0.05) is 23.7 Å². The van der Waals surface area contributed by atoms with Crippen molar-refractivity contribution in [3.63, 3.8) is 0 Å². The highest BCUT2D eigenvalue weighted by molar-refractivity contribution is 6.33. The number of aromatic amines is 1. The minimum Gasteiger partial charge on any atom is -0.320 e. The summed E-state index contributed by atoms with van der Waals surface area (Å²) >= 11 is 6.08. The molecule has 26 heavy (non-hydrogen) atoms. The van der Waals surface area contributed by atoms with Gasteiger partial charge in [0.25, 0.3) is 0 Å². The molecule has 1 aliphatic heterocycles. The Labute approximate surface area is 155 Å². The summed E-state index contributed by atoms with van der Waals surface area (Å²) in [6.07, 6.45) is 2.37. The minimum absolute atomic E-state index is 0.0291. The number of H-pyrrole nitrogens is 1. The molecule has 136 valence electrons. The molecule has 2 amide bonds. The largest absolute Gasteiger partial charge is 0.357 e. The van der Waals surface area contributed by atoms with Gasteiger partial charge in [-0.05, 0) is 18.2 Å². The van der Waals surface area contributed by atoms with Crippen LogP contribution in [0.4, 0.5) is 22.0 Å². The molecular weight excluding hydrogens is 358 g/mol. The highest BCUT2D eigenvalue weighted by Crippen LogP contribution is 2.24. The summed E-state index contributed by atoms with van der Waals surface area (Å²) in [5.41, 5.74) is 0.591. The van der Waals surface area contributed by atoms with E-state index in [0.29, 0.717) is 49.1 Å². The second-order valence-electron chi connectivity index (χ2n) is 5.90. The van der Waals surface area contributed by atoms with E-state index in [4.69, 9.17) is 11.6 Å². The van der Waals surface area contributed by atoms with E-state index >= 15 is 0 Å². The zero-order valence-electron chi connectivity index (χ0n) is 14.0. The fourth-order valence-electron chi connectivity index (χ4n) is 2.92. The molecule has 1 aromatic carbocycles. The van der Waals surface area contributed by atoms with Gasteiger partial charge in [-0.25, -0.2) is 9.78 Å². The maximum Gasteiger partial charge on any atom is 0.357 e. The molecule has 0 unspecified atom stereocenters. The van der Waals surface area contributed by atoms with Crippen molar-refractivity contribution in [2.45, 2.75) is 6.42 Å². The number of benzene rings is 1. The lowest BCUT2D eigenvalue weighted by atomic mass is 10.3. The fourth-order valence-corrected chi connectivity index (χ4v) is 3.10. The van der Waals surface area contributed by atoms with E-state index in [2.05, 4.69) is 10.3 Å². The number of rotatable bonds is 3. The Balaban J connectivity index is 1.68. The highest BCUT2D eigenvalue weighted by atomic mass is 35.5. The number of anilines is 2. The van der Waals surface area contributed by atoms with Crippen LogP contribution in [0.3, 0.4) is 0 Å². The molecule has 0 atom stereocenters. The number of carbonyl (C=O) groups excluding carboxylic acids is 1. The van der Waals surface area contributed by atoms with Crippen LogP contribution in [-0.2, 0) is 0 Å². The third kappa shape index (κ3) is 4.02. The number of nitro groups is 1. The number of hydrogen-bond donors (Lipinski definition) is 1. The van der Waals surface area contributed by atoms with Gasteiger partial charge in [-0.2, -0.15) is 0 Å². The predicted molar refractivity (Wildman–Crippen MR) is 98.5 cm³/mol. The zero-order chi connectivity index (χ0) is 18.5. The molecule has 0 saturated carbocycles. The topological polar surface area (TPSA) is 92.9 Å². The van der Waals surface area contributed by atoms with Gasteiger partial charge in [0, 0.05) is 19.0 Å². The standard InChI is InChI=1S/C17H18ClN5O3/c18-13-5-1-2-6-14(13)20-17(24)22-10-4-9-21(11-12-22)16-15(23(25)26)7-3-8-19-16/h1-3,5-8H,4,9-12H2,(H,20,24)/p+1. The van der Waals surface area contributed by atoms with Crippen molar-refractivity contribution in [3.8, 4) is 0 Å². The number of aromatic nitrogens is 1. The molecule has 2 N–H and O–H groups in total. The number of nitrogens with one attached hydrogen (secondary N) is 2. The average molecular weight is 377 g/mol. The summed E-state index contributed by atoms with van der Waals surface area (Å²) in [4.78, 5) is 29.9. The van der Waals surface area contributed by atoms with Gasteiger partial charge in [-0.3, -0.25) is 15.0 Å². The Morgan fingerprint density at radius 2 is 1.96 bits per heavy atom. The van der Waals surface area contributed by atoms with Crippen molar-refractivity contribution < 1.29 is 14.7 Å². The first-order valence-electron chi connectivity index (χ1n) is 8.27. The van der Waals surface area contributed by atoms with Crippen LogP contribution in [-0.4, -0.2) is 42.0 Å². The first kappa shape index (κ1) is 17.9. The van der Waals surface area contributed by atoms with Gasteiger partial charge in [0.05, 0.1) is 34.9 Å². The third-order valence-electron chi connectivity index (χ3n) is 4.22. The SMILES string of the molecule is O=C(Nc1ccccc1Cl)N1CCCN(c2[nH+]cccc2[N+](=O)[O-])CC1. The second kappa shape index (κ2) is 8.01. The third-order valence-corrected chi connectivity index (χ3v) is 4.55. The van der Waals surface area contributed by atoms with Crippen LogP contribution in [0.25, 0.3) is 0 Å². The lowest BCUT2D eigenvalue weighted by Crippen LogP contribution is -2.39. The van der Waals surface area contributed by atoms with Crippen LogP contribution >= 0.6 is 11.6 Å². The van der Waals surface area contributed by atoms with Crippen LogP contribution in [0.5, 0.6) is 0 Å². The lowest BCUT2D eigenvalue weighted by molar-refractivity contribution is -0.411. The van der Waals surface area contributed by atoms with Crippen LogP contribution in [0.1, 0.15) is 6.42 Å². The number of para-hydroxylation sites is 1. The van der Waals surface area contributed by atoms with E-state index in [-0.39, 0.29) is 11.7 Å². The summed E-state index contributed by atoms with van der Waals surface area (Å²) in [5, 5.41) is 14.5. The lowest BCUT2D eigenvalue weighted by Gasteiger charge is -2.20. The second-order valence-corrected chi connectivity index (χ2v) is 6.31. The predicted octanol–water partition coefficient (Wildman–Crippen LogP) is 2.81. The van der Waals surface area contributed by atoms with Gasteiger partial charge in [0.2, 0.25) is 0 Å². The summed E-state index contributed by atoms with van der Waals surface area (Å²) in [7, 11) is 0. The van der Waals surface area contributed by atoms with Crippen molar-refractivity contribution in [3.05, 3.63) is 57.7 Å². The van der Waals surface area contributed by atoms with Crippen molar-refractivity contribution >= 4 is 34.8 Å². The van der Waals surface area contributed by atoms with Crippen molar-refractivity contribution in [1.29, 1.82) is 0 Å². The highest BCUT2D eigenvalue weighted by Gasteiger charge is 2.30. The molecule has 1 saturated heterocycles. The molecular formula is C17H19ClN5O3+. The Hall–Kier alpha value is -2.87. The molecule has 0 aliphatic carbocycles. The van der Waals surface area contributed by atoms with E-state index < -0.39 is 4.92 Å². The number of halogens is 1. The maximum absolute atomic E-state index is 12.5. The Morgan fingerprint density at radius 3 is 2.73 bits per heavy atom. The molecule has 8 nitrogen and oxygen atoms in total. The normalized spacial score (nSPS) is 14.7. The fraction of sp³-hybridized carbons (Fsp3) is 0.294. The molecule has 1 aliphatic rings. The number of carbonyl (C=O) groups is 1.